The van der Waals surface area contributed by atoms with Crippen molar-refractivity contribution in [3.8, 4) is 0 Å². The molecule has 0 saturated carbocycles. The Hall–Kier alpha value is -1.21. The lowest BCUT2D eigenvalue weighted by Gasteiger charge is -2.17. The maximum atomic E-state index is 13.0. The molecule has 7 heteroatoms. The van der Waals surface area contributed by atoms with Crippen molar-refractivity contribution < 1.29 is 22.3 Å². The smallest absolute Gasteiger partial charge is 0.287 e. The van der Waals surface area contributed by atoms with E-state index in [2.05, 4.69) is 5.32 Å². The number of rotatable bonds is 7. The lowest BCUT2D eigenvalue weighted by Crippen LogP contribution is -2.31. The van der Waals surface area contributed by atoms with Crippen LogP contribution < -0.4 is 5.32 Å². The van der Waals surface area contributed by atoms with Crippen molar-refractivity contribution in [3.05, 3.63) is 24.3 Å². The van der Waals surface area contributed by atoms with E-state index in [1.807, 2.05) is 0 Å². The SMILES string of the molecule is CCCS(=O)(=O)c1ccccc1NCC(F)(F)CO. The highest BCUT2D eigenvalue weighted by Gasteiger charge is 2.28. The summed E-state index contributed by atoms with van der Waals surface area (Å²) in [6, 6.07) is 5.91. The molecule has 0 heterocycles. The van der Waals surface area contributed by atoms with Gasteiger partial charge in [0.15, 0.2) is 9.84 Å². The van der Waals surface area contributed by atoms with Crippen molar-refractivity contribution >= 4 is 15.5 Å². The van der Waals surface area contributed by atoms with Gasteiger partial charge < -0.3 is 10.4 Å². The third kappa shape index (κ3) is 4.43. The number of anilines is 1. The van der Waals surface area contributed by atoms with E-state index in [1.165, 1.54) is 18.2 Å². The molecule has 19 heavy (non-hydrogen) atoms. The number of hydrogen-bond donors (Lipinski definition) is 2. The molecule has 0 fully saturated rings. The van der Waals surface area contributed by atoms with Gasteiger partial charge in [0, 0.05) is 0 Å². The minimum atomic E-state index is -3.49. The molecule has 4 nitrogen and oxygen atoms in total. The van der Waals surface area contributed by atoms with Crippen LogP contribution in [0.2, 0.25) is 0 Å². The maximum absolute atomic E-state index is 13.0. The van der Waals surface area contributed by atoms with E-state index >= 15 is 0 Å². The summed E-state index contributed by atoms with van der Waals surface area (Å²) in [5.41, 5.74) is 0.129. The second-order valence-electron chi connectivity index (χ2n) is 4.18. The van der Waals surface area contributed by atoms with Crippen LogP contribution in [0.5, 0.6) is 0 Å². The van der Waals surface area contributed by atoms with Crippen molar-refractivity contribution in [2.24, 2.45) is 0 Å². The van der Waals surface area contributed by atoms with Gasteiger partial charge in [-0.25, -0.2) is 17.2 Å². The molecule has 1 aromatic rings. The number of halogens is 2. The van der Waals surface area contributed by atoms with Crippen LogP contribution >= 0.6 is 0 Å². The molecule has 2 N–H and O–H groups in total. The van der Waals surface area contributed by atoms with Gasteiger partial charge in [-0.2, -0.15) is 0 Å². The number of nitrogens with one attached hydrogen (secondary N) is 1. The lowest BCUT2D eigenvalue weighted by atomic mass is 10.3. The van der Waals surface area contributed by atoms with Crippen LogP contribution in [0.3, 0.4) is 0 Å². The van der Waals surface area contributed by atoms with Crippen LogP contribution in [-0.4, -0.2) is 38.4 Å². The zero-order chi connectivity index (χ0) is 14.5. The molecule has 0 aromatic heterocycles. The van der Waals surface area contributed by atoms with Crippen molar-refractivity contribution in [1.82, 2.24) is 0 Å². The predicted octanol–water partition coefficient (Wildman–Crippen LogP) is 1.91. The van der Waals surface area contributed by atoms with Crippen LogP contribution in [0.15, 0.2) is 29.2 Å². The van der Waals surface area contributed by atoms with E-state index in [4.69, 9.17) is 5.11 Å². The first kappa shape index (κ1) is 15.8. The molecule has 0 saturated heterocycles. The quantitative estimate of drug-likeness (QED) is 0.806. The van der Waals surface area contributed by atoms with Crippen molar-refractivity contribution in [1.29, 1.82) is 0 Å². The fraction of sp³-hybridized carbons (Fsp3) is 0.500. The maximum Gasteiger partial charge on any atom is 0.287 e. The van der Waals surface area contributed by atoms with E-state index in [-0.39, 0.29) is 16.3 Å². The number of alkyl halides is 2. The first-order valence-electron chi connectivity index (χ1n) is 5.87. The molecule has 0 aliphatic heterocycles. The number of aliphatic hydroxyl groups excluding tert-OH is 1. The molecule has 0 aliphatic rings. The number of para-hydroxylation sites is 1. The summed E-state index contributed by atoms with van der Waals surface area (Å²) in [6.07, 6.45) is 0.448. The Labute approximate surface area is 111 Å². The predicted molar refractivity (Wildman–Crippen MR) is 69.3 cm³/mol. The Morgan fingerprint density at radius 1 is 1.32 bits per heavy atom. The van der Waals surface area contributed by atoms with Gasteiger partial charge in [0.05, 0.1) is 22.9 Å². The third-order valence-corrected chi connectivity index (χ3v) is 4.44. The summed E-state index contributed by atoms with van der Waals surface area (Å²) < 4.78 is 49.8. The average Bonchev–Trinajstić information content (AvgIpc) is 2.37. The molecular weight excluding hydrogens is 276 g/mol. The standard InChI is InChI=1S/C12H17F2NO3S/c1-2-7-19(17,18)11-6-4-3-5-10(11)15-8-12(13,14)9-16/h3-6,15-16H,2,7-9H2,1H3. The van der Waals surface area contributed by atoms with Gasteiger partial charge in [0.2, 0.25) is 0 Å². The molecule has 0 aliphatic carbocycles. The van der Waals surface area contributed by atoms with Gasteiger partial charge in [0.25, 0.3) is 5.92 Å². The average molecular weight is 293 g/mol. The van der Waals surface area contributed by atoms with Crippen LogP contribution in [0.1, 0.15) is 13.3 Å². The van der Waals surface area contributed by atoms with E-state index in [0.29, 0.717) is 6.42 Å². The first-order valence-corrected chi connectivity index (χ1v) is 7.52. The van der Waals surface area contributed by atoms with Crippen molar-refractivity contribution in [2.45, 2.75) is 24.2 Å². The molecule has 1 rings (SSSR count). The summed E-state index contributed by atoms with van der Waals surface area (Å²) in [4.78, 5) is 0.00518. The molecule has 0 bridgehead atoms. The Morgan fingerprint density at radius 3 is 2.53 bits per heavy atom. The second-order valence-corrected chi connectivity index (χ2v) is 6.26. The molecule has 108 valence electrons. The number of aliphatic hydroxyl groups is 1. The molecule has 0 atom stereocenters. The zero-order valence-corrected chi connectivity index (χ0v) is 11.4. The highest BCUT2D eigenvalue weighted by Crippen LogP contribution is 2.24. The fourth-order valence-corrected chi connectivity index (χ4v) is 3.06. The van der Waals surface area contributed by atoms with Gasteiger partial charge in [-0.3, -0.25) is 0 Å². The van der Waals surface area contributed by atoms with E-state index in [9.17, 15) is 17.2 Å². The van der Waals surface area contributed by atoms with Crippen molar-refractivity contribution in [3.63, 3.8) is 0 Å². The molecule has 0 radical (unpaired) electrons. The highest BCUT2D eigenvalue weighted by molar-refractivity contribution is 7.91. The summed E-state index contributed by atoms with van der Waals surface area (Å²) >= 11 is 0. The Balaban J connectivity index is 2.97. The van der Waals surface area contributed by atoms with Gasteiger partial charge >= 0.3 is 0 Å². The number of hydrogen-bond acceptors (Lipinski definition) is 4. The van der Waals surface area contributed by atoms with Crippen LogP contribution in [0, 0.1) is 0 Å². The number of sulfone groups is 1. The van der Waals surface area contributed by atoms with Crippen LogP contribution in [0.4, 0.5) is 14.5 Å². The normalized spacial score (nSPS) is 12.4. The minimum absolute atomic E-state index is 0.00518. The summed E-state index contributed by atoms with van der Waals surface area (Å²) in [5, 5.41) is 10.9. The molecule has 1 aromatic carbocycles. The summed E-state index contributed by atoms with van der Waals surface area (Å²) in [6.45, 7) is -0.375. The third-order valence-electron chi connectivity index (χ3n) is 2.46. The Kier molecular flexibility index (Phi) is 5.25. The molecular formula is C12H17F2NO3S. The summed E-state index contributed by atoms with van der Waals surface area (Å²) in [7, 11) is -3.49. The molecule has 0 amide bonds. The van der Waals surface area contributed by atoms with E-state index in [0.717, 1.165) is 0 Å². The van der Waals surface area contributed by atoms with Gasteiger partial charge in [-0.05, 0) is 18.6 Å². The van der Waals surface area contributed by atoms with E-state index in [1.54, 1.807) is 13.0 Å². The van der Waals surface area contributed by atoms with Crippen LogP contribution in [-0.2, 0) is 9.84 Å². The van der Waals surface area contributed by atoms with Gasteiger partial charge in [-0.1, -0.05) is 19.1 Å². The zero-order valence-electron chi connectivity index (χ0n) is 10.6. The van der Waals surface area contributed by atoms with E-state index < -0.39 is 28.9 Å². The largest absolute Gasteiger partial charge is 0.390 e. The Morgan fingerprint density at radius 2 is 1.95 bits per heavy atom. The van der Waals surface area contributed by atoms with Gasteiger partial charge in [-0.15, -0.1) is 0 Å². The first-order chi connectivity index (χ1) is 8.82. The number of benzene rings is 1. The lowest BCUT2D eigenvalue weighted by molar-refractivity contribution is -0.0373. The molecule has 0 unspecified atom stereocenters. The fourth-order valence-electron chi connectivity index (χ4n) is 1.54. The summed E-state index contributed by atoms with van der Waals surface area (Å²) in [5.74, 6) is -3.33. The topological polar surface area (TPSA) is 66.4 Å². The van der Waals surface area contributed by atoms with Crippen LogP contribution in [0.25, 0.3) is 0 Å². The van der Waals surface area contributed by atoms with Gasteiger partial charge in [0.1, 0.15) is 6.61 Å². The molecule has 0 spiro atoms. The second kappa shape index (κ2) is 6.29. The monoisotopic (exact) mass is 293 g/mol. The Bertz CT molecular complexity index is 517. The minimum Gasteiger partial charge on any atom is -0.390 e. The van der Waals surface area contributed by atoms with Crippen molar-refractivity contribution in [2.75, 3.05) is 24.2 Å². The highest BCUT2D eigenvalue weighted by atomic mass is 32.2.